The first-order valence-corrected chi connectivity index (χ1v) is 9.37. The van der Waals surface area contributed by atoms with Gasteiger partial charge in [-0.3, -0.25) is 0 Å². The van der Waals surface area contributed by atoms with Crippen molar-refractivity contribution < 1.29 is 18.7 Å². The second kappa shape index (κ2) is 6.47. The summed E-state index contributed by atoms with van der Waals surface area (Å²) >= 11 is 1.43. The van der Waals surface area contributed by atoms with Gasteiger partial charge in [-0.2, -0.15) is 4.98 Å². The highest BCUT2D eigenvalue weighted by Crippen LogP contribution is 2.42. The number of aryl methyl sites for hydroxylation is 1. The summed E-state index contributed by atoms with van der Waals surface area (Å²) < 4.78 is 21.6. The Kier molecular flexibility index (Phi) is 3.92. The van der Waals surface area contributed by atoms with E-state index in [1.165, 1.54) is 11.3 Å². The summed E-state index contributed by atoms with van der Waals surface area (Å²) in [6.45, 7) is 2.61. The fourth-order valence-corrected chi connectivity index (χ4v) is 4.34. The molecule has 3 aromatic heterocycles. The molecule has 28 heavy (non-hydrogen) atoms. The van der Waals surface area contributed by atoms with Gasteiger partial charge in [0, 0.05) is 23.8 Å². The van der Waals surface area contributed by atoms with Crippen LogP contribution in [0.1, 0.15) is 11.3 Å². The number of benzene rings is 1. The molecule has 4 heterocycles. The lowest BCUT2D eigenvalue weighted by Gasteiger charge is -2.04. The molecule has 142 valence electrons. The summed E-state index contributed by atoms with van der Waals surface area (Å²) in [7, 11) is 1.65. The number of fused-ring (bicyclic) bond motifs is 2. The zero-order valence-electron chi connectivity index (χ0n) is 15.2. The van der Waals surface area contributed by atoms with E-state index in [0.29, 0.717) is 40.4 Å². The molecule has 2 N–H and O–H groups in total. The number of nitrogens with two attached hydrogens (primary N) is 1. The van der Waals surface area contributed by atoms with Crippen molar-refractivity contribution in [3.63, 3.8) is 0 Å². The lowest BCUT2D eigenvalue weighted by atomic mass is 10.1. The highest BCUT2D eigenvalue weighted by atomic mass is 32.1. The van der Waals surface area contributed by atoms with Gasteiger partial charge in [-0.05, 0) is 36.8 Å². The smallest absolute Gasteiger partial charge is 0.270 e. The Morgan fingerprint density at radius 1 is 1.18 bits per heavy atom. The Bertz CT molecular complexity index is 1200. The fourth-order valence-electron chi connectivity index (χ4n) is 3.23. The van der Waals surface area contributed by atoms with E-state index in [9.17, 15) is 0 Å². The molecular weight excluding hydrogens is 380 g/mol. The normalized spacial score (nSPS) is 12.8. The predicted octanol–water partition coefficient (Wildman–Crippen LogP) is 3.78. The van der Waals surface area contributed by atoms with Gasteiger partial charge < -0.3 is 24.5 Å². The summed E-state index contributed by atoms with van der Waals surface area (Å²) in [6.07, 6.45) is 0. The van der Waals surface area contributed by atoms with Crippen LogP contribution in [-0.4, -0.2) is 29.0 Å². The Balaban J connectivity index is 1.58. The average molecular weight is 396 g/mol. The predicted molar refractivity (Wildman–Crippen MR) is 104 cm³/mol. The maximum Gasteiger partial charge on any atom is 0.270 e. The summed E-state index contributed by atoms with van der Waals surface area (Å²) in [5.74, 6) is 2.17. The Labute approximate surface area is 163 Å². The first-order valence-electron chi connectivity index (χ1n) is 8.55. The van der Waals surface area contributed by atoms with Crippen molar-refractivity contribution in [2.75, 3.05) is 19.6 Å². The third-order valence-electron chi connectivity index (χ3n) is 4.46. The number of ether oxygens (including phenoxy) is 3. The minimum Gasteiger partial charge on any atom is -0.454 e. The van der Waals surface area contributed by atoms with Gasteiger partial charge in [0.05, 0.1) is 12.3 Å². The van der Waals surface area contributed by atoms with Gasteiger partial charge in [-0.15, -0.1) is 11.3 Å². The molecule has 8 nitrogen and oxygen atoms in total. The minimum absolute atomic E-state index is 0.213. The van der Waals surface area contributed by atoms with Crippen LogP contribution in [0, 0.1) is 6.92 Å². The monoisotopic (exact) mass is 396 g/mol. The van der Waals surface area contributed by atoms with Crippen LogP contribution in [0.5, 0.6) is 11.5 Å². The van der Waals surface area contributed by atoms with Crippen LogP contribution in [0.15, 0.2) is 28.8 Å². The molecule has 1 aliphatic rings. The van der Waals surface area contributed by atoms with Crippen molar-refractivity contribution in [3.05, 3.63) is 35.5 Å². The quantitative estimate of drug-likeness (QED) is 0.556. The molecule has 1 aliphatic heterocycles. The van der Waals surface area contributed by atoms with Crippen LogP contribution in [0.4, 0.5) is 5.69 Å². The van der Waals surface area contributed by atoms with Gasteiger partial charge in [0.2, 0.25) is 12.6 Å². The standard InChI is InChI=1S/C19H16N4O4S/c1-9-5-11(7-24-2)14-15(20)16(28-19(14)21-9)18-22-17(23-27-18)10-3-4-12-13(6-10)26-8-25-12/h3-6H,7-8,20H2,1-2H3. The second-order valence-electron chi connectivity index (χ2n) is 6.37. The number of pyridine rings is 1. The van der Waals surface area contributed by atoms with Gasteiger partial charge in [0.25, 0.3) is 5.89 Å². The third kappa shape index (κ3) is 2.67. The maximum absolute atomic E-state index is 6.42. The van der Waals surface area contributed by atoms with Gasteiger partial charge in [0.1, 0.15) is 9.71 Å². The number of methoxy groups -OCH3 is 1. The van der Waals surface area contributed by atoms with Crippen LogP contribution in [0.25, 0.3) is 32.4 Å². The van der Waals surface area contributed by atoms with E-state index in [2.05, 4.69) is 15.1 Å². The van der Waals surface area contributed by atoms with Crippen molar-refractivity contribution in [1.29, 1.82) is 0 Å². The third-order valence-corrected chi connectivity index (χ3v) is 5.55. The average Bonchev–Trinajstić information content (AvgIpc) is 3.39. The lowest BCUT2D eigenvalue weighted by molar-refractivity contribution is 0.174. The largest absolute Gasteiger partial charge is 0.454 e. The van der Waals surface area contributed by atoms with Crippen LogP contribution >= 0.6 is 11.3 Å². The fraction of sp³-hybridized carbons (Fsp3) is 0.211. The number of thiophene rings is 1. The first kappa shape index (κ1) is 17.0. The summed E-state index contributed by atoms with van der Waals surface area (Å²) in [5.41, 5.74) is 9.65. The van der Waals surface area contributed by atoms with Gasteiger partial charge in [-0.25, -0.2) is 4.98 Å². The number of hydrogen-bond donors (Lipinski definition) is 1. The maximum atomic E-state index is 6.42. The molecular formula is C19H16N4O4S. The molecule has 0 atom stereocenters. The van der Waals surface area contributed by atoms with Gasteiger partial charge in [-0.1, -0.05) is 5.16 Å². The summed E-state index contributed by atoms with van der Waals surface area (Å²) in [5, 5.41) is 4.97. The highest BCUT2D eigenvalue weighted by Gasteiger charge is 2.22. The van der Waals surface area contributed by atoms with E-state index in [4.69, 9.17) is 24.5 Å². The molecule has 0 amide bonds. The molecule has 9 heteroatoms. The van der Waals surface area contributed by atoms with E-state index in [-0.39, 0.29) is 6.79 Å². The van der Waals surface area contributed by atoms with Gasteiger partial charge >= 0.3 is 0 Å². The highest BCUT2D eigenvalue weighted by molar-refractivity contribution is 7.22. The molecule has 0 spiro atoms. The molecule has 0 unspecified atom stereocenters. The van der Waals surface area contributed by atoms with Crippen LogP contribution in [-0.2, 0) is 11.3 Å². The minimum atomic E-state index is 0.213. The van der Waals surface area contributed by atoms with Gasteiger partial charge in [0.15, 0.2) is 11.5 Å². The Morgan fingerprint density at radius 3 is 2.89 bits per heavy atom. The zero-order valence-corrected chi connectivity index (χ0v) is 16.0. The topological polar surface area (TPSA) is 106 Å². The lowest BCUT2D eigenvalue weighted by Crippen LogP contribution is -1.95. The molecule has 1 aromatic carbocycles. The van der Waals surface area contributed by atoms with Crippen LogP contribution < -0.4 is 15.2 Å². The summed E-state index contributed by atoms with van der Waals surface area (Å²) in [6, 6.07) is 7.49. The van der Waals surface area contributed by atoms with E-state index < -0.39 is 0 Å². The van der Waals surface area contributed by atoms with E-state index in [1.54, 1.807) is 7.11 Å². The summed E-state index contributed by atoms with van der Waals surface area (Å²) in [4.78, 5) is 10.6. The number of nitrogen functional groups attached to an aromatic ring is 1. The van der Waals surface area contributed by atoms with Crippen molar-refractivity contribution >= 4 is 27.2 Å². The van der Waals surface area contributed by atoms with Crippen LogP contribution in [0.3, 0.4) is 0 Å². The van der Waals surface area contributed by atoms with E-state index in [1.807, 2.05) is 31.2 Å². The number of hydrogen-bond acceptors (Lipinski definition) is 9. The molecule has 5 rings (SSSR count). The van der Waals surface area contributed by atoms with Crippen molar-refractivity contribution in [2.45, 2.75) is 13.5 Å². The second-order valence-corrected chi connectivity index (χ2v) is 7.37. The van der Waals surface area contributed by atoms with Crippen molar-refractivity contribution in [1.82, 2.24) is 15.1 Å². The molecule has 0 saturated carbocycles. The molecule has 0 aliphatic carbocycles. The Hall–Kier alpha value is -3.17. The molecule has 0 radical (unpaired) electrons. The van der Waals surface area contributed by atoms with Crippen LogP contribution in [0.2, 0.25) is 0 Å². The van der Waals surface area contributed by atoms with Crippen molar-refractivity contribution in [3.8, 4) is 33.7 Å². The number of rotatable bonds is 4. The van der Waals surface area contributed by atoms with E-state index >= 15 is 0 Å². The van der Waals surface area contributed by atoms with Crippen molar-refractivity contribution in [2.24, 2.45) is 0 Å². The molecule has 0 bridgehead atoms. The SMILES string of the molecule is COCc1cc(C)nc2sc(-c3nc(-c4ccc5c(c4)OCO5)no3)c(N)c12. The number of anilines is 1. The number of aromatic nitrogens is 3. The zero-order chi connectivity index (χ0) is 19.3. The first-order chi connectivity index (χ1) is 13.6. The number of nitrogens with zero attached hydrogens (tertiary/aromatic N) is 3. The molecule has 0 saturated heterocycles. The molecule has 0 fully saturated rings. The Morgan fingerprint density at radius 2 is 2.04 bits per heavy atom. The molecule has 4 aromatic rings. The van der Waals surface area contributed by atoms with E-state index in [0.717, 1.165) is 27.0 Å².